The van der Waals surface area contributed by atoms with Crippen LogP contribution < -0.4 is 14.8 Å². The summed E-state index contributed by atoms with van der Waals surface area (Å²) in [4.78, 5) is 12.1. The van der Waals surface area contributed by atoms with Crippen LogP contribution in [0.5, 0.6) is 11.6 Å². The fourth-order valence-corrected chi connectivity index (χ4v) is 3.25. The maximum atomic E-state index is 12.1. The maximum Gasteiger partial charge on any atom is 0.231 e. The third-order valence-electron chi connectivity index (χ3n) is 4.52. The molecule has 2 aromatic heterocycles. The molecule has 2 heterocycles. The van der Waals surface area contributed by atoms with Crippen LogP contribution in [0.15, 0.2) is 65.1 Å². The van der Waals surface area contributed by atoms with Crippen LogP contribution in [0.3, 0.4) is 0 Å². The van der Waals surface area contributed by atoms with Crippen LogP contribution in [0.1, 0.15) is 5.56 Å². The number of nitrogens with one attached hydrogen (secondary N) is 1. The van der Waals surface area contributed by atoms with E-state index in [4.69, 9.17) is 9.47 Å². The highest BCUT2D eigenvalue weighted by molar-refractivity contribution is 9.10. The summed E-state index contributed by atoms with van der Waals surface area (Å²) >= 11 is 3.38. The number of hydrogen-bond donors (Lipinski definition) is 1. The van der Waals surface area contributed by atoms with Crippen LogP contribution in [-0.4, -0.2) is 46.0 Å². The number of benzene rings is 2. The Hall–Kier alpha value is -3.46. The zero-order valence-corrected chi connectivity index (χ0v) is 18.4. The van der Waals surface area contributed by atoms with E-state index in [9.17, 15) is 4.79 Å². The average molecular weight is 482 g/mol. The second kappa shape index (κ2) is 9.57. The SMILES string of the molecule is COc1cccc(-c2nnc3ccc(OCCNC(=O)Cc4ccc(Br)cc4)nn23)c1. The lowest BCUT2D eigenvalue weighted by Crippen LogP contribution is -2.29. The van der Waals surface area contributed by atoms with Gasteiger partial charge in [-0.3, -0.25) is 4.79 Å². The fourth-order valence-electron chi connectivity index (χ4n) is 2.99. The first-order valence-corrected chi connectivity index (χ1v) is 10.4. The maximum absolute atomic E-state index is 12.1. The number of carbonyl (C=O) groups excluding carboxylic acids is 1. The first kappa shape index (κ1) is 20.8. The van der Waals surface area contributed by atoms with Crippen molar-refractivity contribution < 1.29 is 14.3 Å². The monoisotopic (exact) mass is 481 g/mol. The second-order valence-corrected chi connectivity index (χ2v) is 7.61. The quantitative estimate of drug-likeness (QED) is 0.388. The molecule has 8 nitrogen and oxygen atoms in total. The van der Waals surface area contributed by atoms with Crippen LogP contribution in [0.2, 0.25) is 0 Å². The van der Waals surface area contributed by atoms with Gasteiger partial charge in [0.2, 0.25) is 11.8 Å². The summed E-state index contributed by atoms with van der Waals surface area (Å²) in [6.07, 6.45) is 0.322. The van der Waals surface area contributed by atoms with Gasteiger partial charge in [0.25, 0.3) is 0 Å². The van der Waals surface area contributed by atoms with Crippen LogP contribution in [0.4, 0.5) is 0 Å². The number of methoxy groups -OCH3 is 1. The molecule has 0 aliphatic rings. The number of hydrogen-bond acceptors (Lipinski definition) is 6. The molecule has 0 spiro atoms. The number of carbonyl (C=O) groups is 1. The number of ether oxygens (including phenoxy) is 2. The molecule has 0 saturated carbocycles. The zero-order chi connectivity index (χ0) is 21.6. The molecule has 0 saturated heterocycles. The molecule has 0 atom stereocenters. The van der Waals surface area contributed by atoms with Gasteiger partial charge in [0.15, 0.2) is 11.5 Å². The van der Waals surface area contributed by atoms with E-state index in [-0.39, 0.29) is 5.91 Å². The Morgan fingerprint density at radius 1 is 1.10 bits per heavy atom. The molecule has 0 unspecified atom stereocenters. The Bertz CT molecular complexity index is 1190. The second-order valence-electron chi connectivity index (χ2n) is 6.70. The number of fused-ring (bicyclic) bond motifs is 1. The molecule has 0 aliphatic heterocycles. The number of amides is 1. The zero-order valence-electron chi connectivity index (χ0n) is 16.8. The highest BCUT2D eigenvalue weighted by atomic mass is 79.9. The summed E-state index contributed by atoms with van der Waals surface area (Å²) in [5, 5.41) is 15.7. The van der Waals surface area contributed by atoms with Crippen molar-refractivity contribution in [2.24, 2.45) is 0 Å². The predicted octanol–water partition coefficient (Wildman–Crippen LogP) is 3.30. The molecule has 9 heteroatoms. The Labute approximate surface area is 187 Å². The molecule has 31 heavy (non-hydrogen) atoms. The molecule has 4 aromatic rings. The van der Waals surface area contributed by atoms with Gasteiger partial charge in [0.05, 0.1) is 20.1 Å². The van der Waals surface area contributed by atoms with E-state index in [1.54, 1.807) is 23.8 Å². The van der Waals surface area contributed by atoms with Crippen LogP contribution in [-0.2, 0) is 11.2 Å². The van der Waals surface area contributed by atoms with Crippen molar-refractivity contribution in [3.8, 4) is 23.0 Å². The average Bonchev–Trinajstić information content (AvgIpc) is 3.22. The molecule has 4 rings (SSSR count). The third kappa shape index (κ3) is 5.18. The molecular formula is C22H20BrN5O3. The third-order valence-corrected chi connectivity index (χ3v) is 5.05. The van der Waals surface area contributed by atoms with Crippen LogP contribution >= 0.6 is 15.9 Å². The topological polar surface area (TPSA) is 90.6 Å². The molecular weight excluding hydrogens is 462 g/mol. The predicted molar refractivity (Wildman–Crippen MR) is 119 cm³/mol. The summed E-state index contributed by atoms with van der Waals surface area (Å²) in [6.45, 7) is 0.668. The standard InChI is InChI=1S/C22H20BrN5O3/c1-30-18-4-2-3-16(14-18)22-26-25-19-9-10-21(27-28(19)22)31-12-11-24-20(29)13-15-5-7-17(23)8-6-15/h2-10,14H,11-13H2,1H3,(H,24,29). The summed E-state index contributed by atoms with van der Waals surface area (Å²) in [5.74, 6) is 1.66. The lowest BCUT2D eigenvalue weighted by molar-refractivity contribution is -0.120. The Morgan fingerprint density at radius 3 is 2.74 bits per heavy atom. The van der Waals surface area contributed by atoms with Gasteiger partial charge in [-0.05, 0) is 35.9 Å². The summed E-state index contributed by atoms with van der Waals surface area (Å²) in [6, 6.07) is 18.7. The first-order valence-electron chi connectivity index (χ1n) is 9.63. The first-order chi connectivity index (χ1) is 15.1. The van der Waals surface area contributed by atoms with E-state index < -0.39 is 0 Å². The molecule has 0 radical (unpaired) electrons. The van der Waals surface area contributed by atoms with Gasteiger partial charge < -0.3 is 14.8 Å². The molecule has 158 valence electrons. The van der Waals surface area contributed by atoms with Crippen molar-refractivity contribution >= 4 is 27.5 Å². The van der Waals surface area contributed by atoms with Crippen molar-refractivity contribution in [3.05, 3.63) is 70.7 Å². The fraction of sp³-hybridized carbons (Fsp3) is 0.182. The van der Waals surface area contributed by atoms with Crippen LogP contribution in [0, 0.1) is 0 Å². The van der Waals surface area contributed by atoms with E-state index in [1.807, 2.05) is 48.5 Å². The van der Waals surface area contributed by atoms with Gasteiger partial charge in [-0.2, -0.15) is 4.52 Å². The largest absolute Gasteiger partial charge is 0.497 e. The highest BCUT2D eigenvalue weighted by Crippen LogP contribution is 2.23. The van der Waals surface area contributed by atoms with E-state index in [2.05, 4.69) is 36.5 Å². The smallest absolute Gasteiger partial charge is 0.231 e. The Balaban J connectivity index is 1.35. The van der Waals surface area contributed by atoms with Gasteiger partial charge in [0.1, 0.15) is 12.4 Å². The lowest BCUT2D eigenvalue weighted by atomic mass is 10.1. The minimum atomic E-state index is -0.0616. The Morgan fingerprint density at radius 2 is 1.94 bits per heavy atom. The number of halogens is 1. The summed E-state index contributed by atoms with van der Waals surface area (Å²) in [5.41, 5.74) is 2.39. The van der Waals surface area contributed by atoms with E-state index in [1.165, 1.54) is 0 Å². The van der Waals surface area contributed by atoms with Crippen molar-refractivity contribution in [2.45, 2.75) is 6.42 Å². The minimum Gasteiger partial charge on any atom is -0.497 e. The molecule has 1 N–H and O–H groups in total. The van der Waals surface area contributed by atoms with Crippen molar-refractivity contribution in [1.82, 2.24) is 25.1 Å². The molecule has 0 fully saturated rings. The van der Waals surface area contributed by atoms with E-state index in [0.29, 0.717) is 36.9 Å². The minimum absolute atomic E-state index is 0.0616. The van der Waals surface area contributed by atoms with Gasteiger partial charge in [-0.15, -0.1) is 15.3 Å². The summed E-state index contributed by atoms with van der Waals surface area (Å²) < 4.78 is 13.6. The number of nitrogens with zero attached hydrogens (tertiary/aromatic N) is 4. The van der Waals surface area contributed by atoms with Crippen molar-refractivity contribution in [3.63, 3.8) is 0 Å². The van der Waals surface area contributed by atoms with Crippen molar-refractivity contribution in [1.29, 1.82) is 0 Å². The van der Waals surface area contributed by atoms with Crippen LogP contribution in [0.25, 0.3) is 17.0 Å². The van der Waals surface area contributed by atoms with Gasteiger partial charge in [0, 0.05) is 16.1 Å². The van der Waals surface area contributed by atoms with Crippen molar-refractivity contribution in [2.75, 3.05) is 20.3 Å². The van der Waals surface area contributed by atoms with Gasteiger partial charge >= 0.3 is 0 Å². The van der Waals surface area contributed by atoms with Gasteiger partial charge in [-0.1, -0.05) is 40.2 Å². The Kier molecular flexibility index (Phi) is 6.42. The molecule has 0 bridgehead atoms. The number of rotatable bonds is 8. The van der Waals surface area contributed by atoms with E-state index >= 15 is 0 Å². The molecule has 1 amide bonds. The van der Waals surface area contributed by atoms with Gasteiger partial charge in [-0.25, -0.2) is 0 Å². The highest BCUT2D eigenvalue weighted by Gasteiger charge is 2.11. The molecule has 0 aliphatic carbocycles. The summed E-state index contributed by atoms with van der Waals surface area (Å²) in [7, 11) is 1.61. The molecule has 2 aromatic carbocycles. The lowest BCUT2D eigenvalue weighted by Gasteiger charge is -2.08. The normalized spacial score (nSPS) is 10.8. The number of aromatic nitrogens is 4. The van der Waals surface area contributed by atoms with E-state index in [0.717, 1.165) is 21.3 Å².